The van der Waals surface area contributed by atoms with Gasteiger partial charge in [-0.3, -0.25) is 10.2 Å². The molecule has 0 spiro atoms. The first-order chi connectivity index (χ1) is 16.4. The van der Waals surface area contributed by atoms with Crippen LogP contribution in [-0.4, -0.2) is 21.1 Å². The van der Waals surface area contributed by atoms with Crippen molar-refractivity contribution in [3.8, 4) is 0 Å². The molecule has 4 rings (SSSR count). The van der Waals surface area contributed by atoms with Gasteiger partial charge < -0.3 is 9.13 Å². The Hall–Kier alpha value is -3.16. The topological polar surface area (TPSA) is 50.8 Å². The summed E-state index contributed by atoms with van der Waals surface area (Å²) in [5, 5.41) is 8.13. The average Bonchev–Trinajstić information content (AvgIpc) is 3.60. The standard InChI is InChI=1S/C27H29F4N3O/c1-16-10-20(6-7-24(16)28)23(19-4-5-19)14-25(35)22-12-18(15-34-9-8-33(3)26(34)32)11-21(13-22)17(2)27(29,30)31/h6-13,17,19,23,32H,4-5,14-15H2,1-3H3/t17?,23-/m0/s1. The number of carbonyl (C=O) groups is 1. The molecule has 35 heavy (non-hydrogen) atoms. The predicted molar refractivity (Wildman–Crippen MR) is 125 cm³/mol. The van der Waals surface area contributed by atoms with Gasteiger partial charge in [0.25, 0.3) is 0 Å². The lowest BCUT2D eigenvalue weighted by molar-refractivity contribution is -0.146. The molecule has 186 valence electrons. The third kappa shape index (κ3) is 5.57. The van der Waals surface area contributed by atoms with E-state index in [1.807, 2.05) is 0 Å². The smallest absolute Gasteiger partial charge is 0.321 e. The number of nitrogens with zero attached hydrogens (tertiary/aromatic N) is 2. The summed E-state index contributed by atoms with van der Waals surface area (Å²) in [5.74, 6) is -2.06. The molecule has 1 unspecified atom stereocenters. The third-order valence-electron chi connectivity index (χ3n) is 6.96. The summed E-state index contributed by atoms with van der Waals surface area (Å²) in [7, 11) is 1.71. The van der Waals surface area contributed by atoms with Crippen LogP contribution in [0.2, 0.25) is 0 Å². The number of rotatable bonds is 8. The van der Waals surface area contributed by atoms with Gasteiger partial charge in [-0.2, -0.15) is 13.2 Å². The number of carbonyl (C=O) groups excluding carboxylic acids is 1. The van der Waals surface area contributed by atoms with E-state index in [4.69, 9.17) is 5.41 Å². The van der Waals surface area contributed by atoms with Crippen LogP contribution in [0.4, 0.5) is 17.6 Å². The van der Waals surface area contributed by atoms with Gasteiger partial charge in [-0.05, 0) is 79.0 Å². The molecular weight excluding hydrogens is 458 g/mol. The van der Waals surface area contributed by atoms with Crippen LogP contribution in [0.25, 0.3) is 0 Å². The highest BCUT2D eigenvalue weighted by Crippen LogP contribution is 2.45. The molecule has 3 aromatic rings. The van der Waals surface area contributed by atoms with Crippen molar-refractivity contribution in [2.24, 2.45) is 13.0 Å². The summed E-state index contributed by atoms with van der Waals surface area (Å²) in [6.07, 6.45) is 1.04. The van der Waals surface area contributed by atoms with Gasteiger partial charge in [-0.1, -0.05) is 18.2 Å². The highest BCUT2D eigenvalue weighted by Gasteiger charge is 2.38. The van der Waals surface area contributed by atoms with E-state index >= 15 is 0 Å². The molecule has 1 fully saturated rings. The van der Waals surface area contributed by atoms with Crippen LogP contribution in [0.3, 0.4) is 0 Å². The number of aromatic nitrogens is 2. The molecule has 2 atom stereocenters. The molecule has 0 bridgehead atoms. The van der Waals surface area contributed by atoms with E-state index in [-0.39, 0.29) is 47.2 Å². The van der Waals surface area contributed by atoms with Crippen LogP contribution < -0.4 is 5.62 Å². The van der Waals surface area contributed by atoms with E-state index in [1.54, 1.807) is 53.7 Å². The Labute approximate surface area is 201 Å². The minimum atomic E-state index is -4.44. The van der Waals surface area contributed by atoms with Crippen molar-refractivity contribution in [1.82, 2.24) is 9.13 Å². The maximum absolute atomic E-state index is 13.8. The Morgan fingerprint density at radius 3 is 2.40 bits per heavy atom. The first-order valence-corrected chi connectivity index (χ1v) is 11.7. The molecule has 2 aromatic carbocycles. The highest BCUT2D eigenvalue weighted by atomic mass is 19.4. The number of Topliss-reactive ketones (excluding diaryl/α,β-unsaturated/α-hetero) is 1. The molecule has 1 heterocycles. The summed E-state index contributed by atoms with van der Waals surface area (Å²) in [4.78, 5) is 13.4. The number of alkyl halides is 3. The Kier molecular flexibility index (Phi) is 6.75. The summed E-state index contributed by atoms with van der Waals surface area (Å²) in [6.45, 7) is 2.95. The maximum Gasteiger partial charge on any atom is 0.395 e. The fraction of sp³-hybridized carbons (Fsp3) is 0.407. The van der Waals surface area contributed by atoms with Crippen molar-refractivity contribution < 1.29 is 22.4 Å². The quantitative estimate of drug-likeness (QED) is 0.297. The molecule has 1 aliphatic rings. The highest BCUT2D eigenvalue weighted by molar-refractivity contribution is 5.97. The van der Waals surface area contributed by atoms with E-state index in [0.717, 1.165) is 25.3 Å². The SMILES string of the molecule is Cc1cc([C@@H](CC(=O)c2cc(Cn3ccn(C)c3=N)cc(C(C)C(F)(F)F)c2)C2CC2)ccc1F. The van der Waals surface area contributed by atoms with E-state index in [0.29, 0.717) is 17.0 Å². The van der Waals surface area contributed by atoms with Crippen LogP contribution in [0, 0.1) is 24.1 Å². The van der Waals surface area contributed by atoms with Gasteiger partial charge in [-0.15, -0.1) is 0 Å². The van der Waals surface area contributed by atoms with E-state index in [1.165, 1.54) is 18.2 Å². The Morgan fingerprint density at radius 1 is 1.11 bits per heavy atom. The second kappa shape index (κ2) is 9.47. The third-order valence-corrected chi connectivity index (χ3v) is 6.96. The molecule has 0 amide bonds. The Balaban J connectivity index is 1.68. The number of aryl methyl sites for hydroxylation is 2. The molecular formula is C27H29F4N3O. The van der Waals surface area contributed by atoms with Gasteiger partial charge in [0, 0.05) is 31.4 Å². The average molecular weight is 488 g/mol. The molecule has 1 N–H and O–H groups in total. The zero-order valence-corrected chi connectivity index (χ0v) is 20.0. The monoisotopic (exact) mass is 487 g/mol. The first kappa shape index (κ1) is 24.9. The van der Waals surface area contributed by atoms with Gasteiger partial charge in [-0.25, -0.2) is 4.39 Å². The minimum absolute atomic E-state index is 0.0296. The van der Waals surface area contributed by atoms with Crippen molar-refractivity contribution in [2.75, 3.05) is 0 Å². The minimum Gasteiger partial charge on any atom is -0.321 e. The fourth-order valence-electron chi connectivity index (χ4n) is 4.53. The fourth-order valence-corrected chi connectivity index (χ4v) is 4.53. The van der Waals surface area contributed by atoms with Gasteiger partial charge >= 0.3 is 6.18 Å². The molecule has 1 aliphatic carbocycles. The number of hydrogen-bond acceptors (Lipinski definition) is 2. The lowest BCUT2D eigenvalue weighted by Gasteiger charge is -2.20. The lowest BCUT2D eigenvalue weighted by Crippen LogP contribution is -2.23. The zero-order valence-electron chi connectivity index (χ0n) is 20.0. The van der Waals surface area contributed by atoms with Crippen LogP contribution in [0.15, 0.2) is 48.8 Å². The van der Waals surface area contributed by atoms with Crippen molar-refractivity contribution in [3.63, 3.8) is 0 Å². The molecule has 8 heteroatoms. The van der Waals surface area contributed by atoms with Gasteiger partial charge in [0.1, 0.15) is 5.82 Å². The largest absolute Gasteiger partial charge is 0.395 e. The molecule has 1 aromatic heterocycles. The Morgan fingerprint density at radius 2 is 1.83 bits per heavy atom. The number of halogens is 4. The van der Waals surface area contributed by atoms with Crippen molar-refractivity contribution in [1.29, 1.82) is 5.41 Å². The van der Waals surface area contributed by atoms with Crippen molar-refractivity contribution >= 4 is 5.78 Å². The number of nitrogens with one attached hydrogen (secondary N) is 1. The van der Waals surface area contributed by atoms with Crippen LogP contribution in [0.5, 0.6) is 0 Å². The zero-order chi connectivity index (χ0) is 25.5. The summed E-state index contributed by atoms with van der Waals surface area (Å²) < 4.78 is 57.7. The van der Waals surface area contributed by atoms with Gasteiger partial charge in [0.15, 0.2) is 5.78 Å². The molecule has 0 aliphatic heterocycles. The molecule has 0 saturated heterocycles. The molecule has 1 saturated carbocycles. The number of ketones is 1. The maximum atomic E-state index is 13.8. The number of benzene rings is 2. The molecule has 0 radical (unpaired) electrons. The van der Waals surface area contributed by atoms with E-state index in [9.17, 15) is 22.4 Å². The lowest BCUT2D eigenvalue weighted by atomic mass is 9.86. The van der Waals surface area contributed by atoms with E-state index < -0.39 is 12.1 Å². The number of imidazole rings is 1. The Bertz CT molecular complexity index is 1300. The first-order valence-electron chi connectivity index (χ1n) is 11.7. The number of hydrogen-bond donors (Lipinski definition) is 1. The predicted octanol–water partition coefficient (Wildman–Crippen LogP) is 6.23. The summed E-state index contributed by atoms with van der Waals surface area (Å²) in [6, 6.07) is 9.32. The summed E-state index contributed by atoms with van der Waals surface area (Å²) >= 11 is 0. The summed E-state index contributed by atoms with van der Waals surface area (Å²) in [5.41, 5.74) is 2.40. The van der Waals surface area contributed by atoms with Crippen LogP contribution in [-0.2, 0) is 13.6 Å². The van der Waals surface area contributed by atoms with Crippen molar-refractivity contribution in [2.45, 2.75) is 57.7 Å². The van der Waals surface area contributed by atoms with Gasteiger partial charge in [0.2, 0.25) is 5.62 Å². The normalized spacial score (nSPS) is 15.7. The second-order valence-corrected chi connectivity index (χ2v) is 9.67. The van der Waals surface area contributed by atoms with Gasteiger partial charge in [0.05, 0.1) is 12.5 Å². The van der Waals surface area contributed by atoms with Crippen LogP contribution >= 0.6 is 0 Å². The second-order valence-electron chi connectivity index (χ2n) is 9.67. The molecule has 4 nitrogen and oxygen atoms in total. The van der Waals surface area contributed by atoms with Crippen molar-refractivity contribution in [3.05, 3.63) is 88.0 Å². The van der Waals surface area contributed by atoms with Crippen LogP contribution in [0.1, 0.15) is 70.6 Å². The van der Waals surface area contributed by atoms with E-state index in [2.05, 4.69) is 0 Å².